The highest BCUT2D eigenvalue weighted by Crippen LogP contribution is 2.28. The average molecular weight is 272 g/mol. The van der Waals surface area contributed by atoms with Gasteiger partial charge in [0.1, 0.15) is 5.60 Å². The minimum Gasteiger partial charge on any atom is -0.444 e. The molecule has 1 aliphatic carbocycles. The van der Waals surface area contributed by atoms with Gasteiger partial charge < -0.3 is 10.1 Å². The molecule has 0 heterocycles. The van der Waals surface area contributed by atoms with E-state index >= 15 is 0 Å². The first-order valence-corrected chi connectivity index (χ1v) is 7.66. The van der Waals surface area contributed by atoms with Crippen molar-refractivity contribution in [3.05, 3.63) is 0 Å². The van der Waals surface area contributed by atoms with Gasteiger partial charge >= 0.3 is 6.09 Å². The maximum atomic E-state index is 11.6. The number of amides is 1. The standard InChI is InChI=1S/C13H24N2O2S/c1-13(2,3)17-12(16)15-10-7-5-9(6-8-10)11(14)18-4/h9-10,14H,5-8H2,1-4H3,(H,15,16)/t9-,10-. The molecule has 1 aliphatic rings. The van der Waals surface area contributed by atoms with Crippen molar-refractivity contribution in [3.63, 3.8) is 0 Å². The molecule has 0 unspecified atom stereocenters. The van der Waals surface area contributed by atoms with Crippen molar-refractivity contribution in [1.82, 2.24) is 5.32 Å². The summed E-state index contributed by atoms with van der Waals surface area (Å²) in [5.41, 5.74) is -0.442. The molecule has 0 saturated heterocycles. The van der Waals surface area contributed by atoms with Gasteiger partial charge in [-0.3, -0.25) is 5.41 Å². The van der Waals surface area contributed by atoms with Gasteiger partial charge in [-0.05, 0) is 52.7 Å². The summed E-state index contributed by atoms with van der Waals surface area (Å²) in [6.07, 6.45) is 5.47. The van der Waals surface area contributed by atoms with Gasteiger partial charge in [0.25, 0.3) is 0 Å². The van der Waals surface area contributed by atoms with E-state index in [2.05, 4.69) is 5.32 Å². The van der Waals surface area contributed by atoms with Gasteiger partial charge in [-0.2, -0.15) is 0 Å². The third-order valence-corrected chi connectivity index (χ3v) is 3.81. The minimum absolute atomic E-state index is 0.200. The van der Waals surface area contributed by atoms with Crippen molar-refractivity contribution in [1.29, 1.82) is 5.41 Å². The zero-order valence-electron chi connectivity index (χ0n) is 11.7. The lowest BCUT2D eigenvalue weighted by Crippen LogP contribution is -2.41. The highest BCUT2D eigenvalue weighted by atomic mass is 32.2. The Morgan fingerprint density at radius 2 is 1.83 bits per heavy atom. The van der Waals surface area contributed by atoms with Crippen molar-refractivity contribution in [2.45, 2.75) is 58.1 Å². The Balaban J connectivity index is 2.31. The molecule has 5 heteroatoms. The summed E-state index contributed by atoms with van der Waals surface area (Å²) in [6.45, 7) is 5.59. The number of thioether (sulfide) groups is 1. The summed E-state index contributed by atoms with van der Waals surface area (Å²) >= 11 is 1.53. The predicted molar refractivity (Wildman–Crippen MR) is 76.4 cm³/mol. The molecule has 0 radical (unpaired) electrons. The molecule has 0 atom stereocenters. The molecular formula is C13H24N2O2S. The zero-order chi connectivity index (χ0) is 13.8. The van der Waals surface area contributed by atoms with Crippen molar-refractivity contribution in [3.8, 4) is 0 Å². The van der Waals surface area contributed by atoms with Crippen LogP contribution in [0.15, 0.2) is 0 Å². The van der Waals surface area contributed by atoms with Crippen LogP contribution in [-0.2, 0) is 4.74 Å². The summed E-state index contributed by atoms with van der Waals surface area (Å²) in [4.78, 5) is 11.6. The summed E-state index contributed by atoms with van der Waals surface area (Å²) in [5.74, 6) is 0.386. The monoisotopic (exact) mass is 272 g/mol. The molecule has 1 amide bonds. The molecule has 0 aromatic rings. The zero-order valence-corrected chi connectivity index (χ0v) is 12.5. The first kappa shape index (κ1) is 15.3. The van der Waals surface area contributed by atoms with Gasteiger partial charge in [-0.25, -0.2) is 4.79 Å². The fraction of sp³-hybridized carbons (Fsp3) is 0.846. The van der Waals surface area contributed by atoms with Crippen LogP contribution in [0.25, 0.3) is 0 Å². The van der Waals surface area contributed by atoms with Crippen molar-refractivity contribution in [2.24, 2.45) is 5.92 Å². The lowest BCUT2D eigenvalue weighted by atomic mass is 9.87. The molecule has 18 heavy (non-hydrogen) atoms. The summed E-state index contributed by atoms with van der Waals surface area (Å²) in [7, 11) is 0. The van der Waals surface area contributed by atoms with Gasteiger partial charge in [0.05, 0.1) is 5.04 Å². The number of ether oxygens (including phenoxy) is 1. The Labute approximate surface area is 114 Å². The summed E-state index contributed by atoms with van der Waals surface area (Å²) in [5, 5.41) is 11.5. The Hall–Kier alpha value is -0.710. The lowest BCUT2D eigenvalue weighted by molar-refractivity contribution is 0.0491. The number of carbonyl (C=O) groups is 1. The Morgan fingerprint density at radius 3 is 2.28 bits per heavy atom. The minimum atomic E-state index is -0.442. The van der Waals surface area contributed by atoms with Crippen LogP contribution < -0.4 is 5.32 Å². The van der Waals surface area contributed by atoms with Crippen LogP contribution in [0.2, 0.25) is 0 Å². The number of hydrogen-bond acceptors (Lipinski definition) is 4. The van der Waals surface area contributed by atoms with Crippen molar-refractivity contribution < 1.29 is 9.53 Å². The third-order valence-electron chi connectivity index (χ3n) is 3.04. The molecule has 1 fully saturated rings. The lowest BCUT2D eigenvalue weighted by Gasteiger charge is -2.29. The SMILES string of the molecule is CSC(=N)[C@H]1CC[C@H](NC(=O)OC(C)(C)C)CC1. The topological polar surface area (TPSA) is 62.2 Å². The van der Waals surface area contributed by atoms with Gasteiger partial charge in [0, 0.05) is 12.0 Å². The first-order chi connectivity index (χ1) is 8.31. The van der Waals surface area contributed by atoms with E-state index in [0.29, 0.717) is 5.92 Å². The van der Waals surface area contributed by atoms with Gasteiger partial charge in [-0.1, -0.05) is 0 Å². The molecule has 1 saturated carbocycles. The number of alkyl carbamates (subject to hydrolysis) is 1. The average Bonchev–Trinajstić information content (AvgIpc) is 2.26. The first-order valence-electron chi connectivity index (χ1n) is 6.44. The van der Waals surface area contributed by atoms with Crippen LogP contribution in [0.3, 0.4) is 0 Å². The maximum absolute atomic E-state index is 11.6. The van der Waals surface area contributed by atoms with E-state index in [9.17, 15) is 4.79 Å². The van der Waals surface area contributed by atoms with Crippen molar-refractivity contribution >= 4 is 22.9 Å². The van der Waals surface area contributed by atoms with Gasteiger partial charge in [0.2, 0.25) is 0 Å². The van der Waals surface area contributed by atoms with Crippen LogP contribution in [0.4, 0.5) is 4.79 Å². The highest BCUT2D eigenvalue weighted by Gasteiger charge is 2.26. The summed E-state index contributed by atoms with van der Waals surface area (Å²) < 4.78 is 5.24. The third kappa shape index (κ3) is 5.29. The Bertz CT molecular complexity index is 305. The molecular weight excluding hydrogens is 248 g/mol. The van der Waals surface area contributed by atoms with E-state index < -0.39 is 5.60 Å². The normalized spacial score (nSPS) is 24.4. The molecule has 2 N–H and O–H groups in total. The van der Waals surface area contributed by atoms with E-state index in [1.807, 2.05) is 27.0 Å². The van der Waals surface area contributed by atoms with Crippen LogP contribution in [0.1, 0.15) is 46.5 Å². The second kappa shape index (κ2) is 6.45. The maximum Gasteiger partial charge on any atom is 0.407 e. The molecule has 0 aromatic carbocycles. The highest BCUT2D eigenvalue weighted by molar-refractivity contribution is 8.13. The largest absolute Gasteiger partial charge is 0.444 e. The molecule has 0 spiro atoms. The smallest absolute Gasteiger partial charge is 0.407 e. The molecule has 0 bridgehead atoms. The Kier molecular flexibility index (Phi) is 5.50. The number of carbonyl (C=O) groups excluding carboxylic acids is 1. The predicted octanol–water partition coefficient (Wildman–Crippen LogP) is 3.41. The van der Waals surface area contributed by atoms with E-state index in [-0.39, 0.29) is 12.1 Å². The van der Waals surface area contributed by atoms with Crippen LogP contribution in [0, 0.1) is 11.3 Å². The van der Waals surface area contributed by atoms with Crippen molar-refractivity contribution in [2.75, 3.05) is 6.26 Å². The van der Waals surface area contributed by atoms with E-state index in [0.717, 1.165) is 30.7 Å². The van der Waals surface area contributed by atoms with Gasteiger partial charge in [0.15, 0.2) is 0 Å². The molecule has 104 valence electrons. The molecule has 1 rings (SSSR count). The van der Waals surface area contributed by atoms with E-state index in [1.54, 1.807) is 0 Å². The van der Waals surface area contributed by atoms with E-state index in [4.69, 9.17) is 10.1 Å². The Morgan fingerprint density at radius 1 is 1.28 bits per heavy atom. The second-order valence-corrected chi connectivity index (χ2v) is 6.61. The fourth-order valence-electron chi connectivity index (χ4n) is 2.14. The van der Waals surface area contributed by atoms with E-state index in [1.165, 1.54) is 11.8 Å². The second-order valence-electron chi connectivity index (χ2n) is 5.76. The number of nitrogens with one attached hydrogen (secondary N) is 2. The number of hydrogen-bond donors (Lipinski definition) is 2. The quantitative estimate of drug-likeness (QED) is 0.598. The van der Waals surface area contributed by atoms with Crippen LogP contribution in [-0.4, -0.2) is 29.0 Å². The molecule has 0 aromatic heterocycles. The van der Waals surface area contributed by atoms with Crippen LogP contribution >= 0.6 is 11.8 Å². The molecule has 0 aliphatic heterocycles. The number of rotatable bonds is 2. The molecule has 4 nitrogen and oxygen atoms in total. The van der Waals surface area contributed by atoms with Crippen LogP contribution in [0.5, 0.6) is 0 Å². The van der Waals surface area contributed by atoms with Gasteiger partial charge in [-0.15, -0.1) is 11.8 Å². The fourth-order valence-corrected chi connectivity index (χ4v) is 2.71. The summed E-state index contributed by atoms with van der Waals surface area (Å²) in [6, 6.07) is 0.200.